The van der Waals surface area contributed by atoms with E-state index in [9.17, 15) is 4.79 Å². The number of nitrogens with zero attached hydrogens (tertiary/aromatic N) is 1. The van der Waals surface area contributed by atoms with E-state index >= 15 is 0 Å². The fourth-order valence-electron chi connectivity index (χ4n) is 2.11. The van der Waals surface area contributed by atoms with Crippen molar-refractivity contribution in [3.63, 3.8) is 0 Å². The van der Waals surface area contributed by atoms with Crippen LogP contribution in [0.25, 0.3) is 0 Å². The number of carbonyl (C=O) groups is 1. The van der Waals surface area contributed by atoms with Gasteiger partial charge in [0.15, 0.2) is 0 Å². The van der Waals surface area contributed by atoms with Gasteiger partial charge in [-0.25, -0.2) is 0 Å². The van der Waals surface area contributed by atoms with Gasteiger partial charge in [0.1, 0.15) is 0 Å². The van der Waals surface area contributed by atoms with Crippen LogP contribution >= 0.6 is 11.8 Å². The molecule has 1 N–H and O–H groups in total. The molecule has 0 spiro atoms. The van der Waals surface area contributed by atoms with Crippen molar-refractivity contribution in [2.45, 2.75) is 31.1 Å². The van der Waals surface area contributed by atoms with Crippen LogP contribution < -0.4 is 5.32 Å². The van der Waals surface area contributed by atoms with Gasteiger partial charge in [-0.1, -0.05) is 0 Å². The van der Waals surface area contributed by atoms with Crippen LogP contribution in [0.15, 0.2) is 0 Å². The second-order valence-electron chi connectivity index (χ2n) is 4.14. The zero-order valence-electron chi connectivity index (χ0n) is 8.66. The van der Waals surface area contributed by atoms with Crippen LogP contribution in [0.3, 0.4) is 0 Å². The molecule has 2 heterocycles. The smallest absolute Gasteiger partial charge is 0.235 e. The third-order valence-electron chi connectivity index (χ3n) is 2.89. The number of amides is 1. The van der Waals surface area contributed by atoms with Gasteiger partial charge in [0.05, 0.1) is 5.25 Å². The lowest BCUT2D eigenvalue weighted by atomic mass is 10.2. The fraction of sp³-hybridized carbons (Fsp3) is 0.900. The molecule has 2 atom stereocenters. The number of thioether (sulfide) groups is 1. The fourth-order valence-corrected chi connectivity index (χ4v) is 3.35. The van der Waals surface area contributed by atoms with Crippen molar-refractivity contribution in [1.82, 2.24) is 10.2 Å². The molecule has 0 saturated carbocycles. The van der Waals surface area contributed by atoms with Crippen molar-refractivity contribution in [3.05, 3.63) is 0 Å². The first kappa shape index (κ1) is 10.3. The summed E-state index contributed by atoms with van der Waals surface area (Å²) in [7, 11) is 0. The molecule has 4 heteroatoms. The molecule has 14 heavy (non-hydrogen) atoms. The first-order chi connectivity index (χ1) is 6.77. The number of hydrogen-bond acceptors (Lipinski definition) is 3. The maximum absolute atomic E-state index is 12.0. The predicted octanol–water partition coefficient (Wildman–Crippen LogP) is 0.702. The highest BCUT2D eigenvalue weighted by atomic mass is 32.2. The van der Waals surface area contributed by atoms with E-state index in [1.54, 1.807) is 0 Å². The lowest BCUT2D eigenvalue weighted by Crippen LogP contribution is -2.53. The Morgan fingerprint density at radius 1 is 1.57 bits per heavy atom. The molecular weight excluding hydrogens is 196 g/mol. The number of carbonyl (C=O) groups excluding carboxylic acids is 1. The molecule has 0 aliphatic carbocycles. The zero-order valence-corrected chi connectivity index (χ0v) is 9.48. The van der Waals surface area contributed by atoms with Gasteiger partial charge >= 0.3 is 0 Å². The van der Waals surface area contributed by atoms with Gasteiger partial charge in [-0.2, -0.15) is 0 Å². The molecular formula is C10H18N2OS. The quantitative estimate of drug-likeness (QED) is 0.697. The van der Waals surface area contributed by atoms with E-state index in [0.29, 0.717) is 11.9 Å². The summed E-state index contributed by atoms with van der Waals surface area (Å²) in [6, 6.07) is 0.458. The Labute approximate surface area is 89.6 Å². The van der Waals surface area contributed by atoms with Crippen molar-refractivity contribution < 1.29 is 4.79 Å². The van der Waals surface area contributed by atoms with Gasteiger partial charge in [-0.05, 0) is 25.5 Å². The number of hydrogen-bond donors (Lipinski definition) is 1. The van der Waals surface area contributed by atoms with Crippen LogP contribution in [0.5, 0.6) is 0 Å². The largest absolute Gasteiger partial charge is 0.339 e. The Kier molecular flexibility index (Phi) is 3.34. The Morgan fingerprint density at radius 3 is 3.07 bits per heavy atom. The molecule has 2 rings (SSSR count). The highest BCUT2D eigenvalue weighted by Gasteiger charge is 2.29. The van der Waals surface area contributed by atoms with E-state index in [-0.39, 0.29) is 5.25 Å². The average Bonchev–Trinajstić information content (AvgIpc) is 2.69. The second-order valence-corrected chi connectivity index (χ2v) is 5.45. The zero-order chi connectivity index (χ0) is 9.97. The first-order valence-electron chi connectivity index (χ1n) is 5.41. The Hall–Kier alpha value is -0.220. The molecule has 2 aliphatic heterocycles. The normalized spacial score (nSPS) is 33.4. The summed E-state index contributed by atoms with van der Waals surface area (Å²) in [6.45, 7) is 4.86. The van der Waals surface area contributed by atoms with Gasteiger partial charge in [-0.15, -0.1) is 11.8 Å². The van der Waals surface area contributed by atoms with Gasteiger partial charge in [0.2, 0.25) is 5.91 Å². The van der Waals surface area contributed by atoms with Gasteiger partial charge in [0, 0.05) is 25.7 Å². The Balaban J connectivity index is 1.89. The molecule has 2 fully saturated rings. The molecule has 0 bridgehead atoms. The summed E-state index contributed by atoms with van der Waals surface area (Å²) in [5.74, 6) is 1.54. The van der Waals surface area contributed by atoms with Crippen molar-refractivity contribution in [3.8, 4) is 0 Å². The topological polar surface area (TPSA) is 32.3 Å². The van der Waals surface area contributed by atoms with Crippen LogP contribution in [-0.2, 0) is 4.79 Å². The summed E-state index contributed by atoms with van der Waals surface area (Å²) < 4.78 is 0. The van der Waals surface area contributed by atoms with Crippen LogP contribution in [0, 0.1) is 0 Å². The summed E-state index contributed by atoms with van der Waals surface area (Å²) in [5, 5.41) is 3.62. The predicted molar refractivity (Wildman–Crippen MR) is 59.5 cm³/mol. The van der Waals surface area contributed by atoms with Gasteiger partial charge in [-0.3, -0.25) is 4.79 Å². The molecule has 0 aromatic carbocycles. The first-order valence-corrected chi connectivity index (χ1v) is 6.46. The minimum atomic E-state index is 0.264. The molecule has 2 aliphatic rings. The minimum Gasteiger partial charge on any atom is -0.339 e. The number of piperazine rings is 1. The van der Waals surface area contributed by atoms with Crippen LogP contribution in [0.4, 0.5) is 0 Å². The van der Waals surface area contributed by atoms with E-state index in [2.05, 4.69) is 12.2 Å². The summed E-state index contributed by atoms with van der Waals surface area (Å²) in [5.41, 5.74) is 0. The molecule has 3 nitrogen and oxygen atoms in total. The van der Waals surface area contributed by atoms with E-state index in [1.807, 2.05) is 16.7 Å². The van der Waals surface area contributed by atoms with E-state index in [4.69, 9.17) is 0 Å². The maximum atomic E-state index is 12.0. The highest BCUT2D eigenvalue weighted by molar-refractivity contribution is 8.00. The van der Waals surface area contributed by atoms with Crippen molar-refractivity contribution >= 4 is 17.7 Å². The van der Waals surface area contributed by atoms with Crippen LogP contribution in [0.1, 0.15) is 19.8 Å². The second kappa shape index (κ2) is 4.53. The van der Waals surface area contributed by atoms with Gasteiger partial charge < -0.3 is 10.2 Å². The van der Waals surface area contributed by atoms with Crippen molar-refractivity contribution in [1.29, 1.82) is 0 Å². The molecule has 1 amide bonds. The maximum Gasteiger partial charge on any atom is 0.235 e. The monoisotopic (exact) mass is 214 g/mol. The highest BCUT2D eigenvalue weighted by Crippen LogP contribution is 2.27. The van der Waals surface area contributed by atoms with Gasteiger partial charge in [0.25, 0.3) is 0 Å². The summed E-state index contributed by atoms with van der Waals surface area (Å²) in [6.07, 6.45) is 2.30. The molecule has 80 valence electrons. The van der Waals surface area contributed by atoms with E-state index in [0.717, 1.165) is 31.8 Å². The molecule has 2 saturated heterocycles. The standard InChI is InChI=1S/C10H18N2OS/c1-8-7-12(5-4-11-8)10(13)9-3-2-6-14-9/h8-9,11H,2-7H2,1H3/t8-,9?/m1/s1. The summed E-state index contributed by atoms with van der Waals surface area (Å²) >= 11 is 1.83. The molecule has 1 unspecified atom stereocenters. The Bertz CT molecular complexity index is 216. The molecule has 0 aromatic rings. The third-order valence-corrected chi connectivity index (χ3v) is 4.25. The summed E-state index contributed by atoms with van der Waals surface area (Å²) in [4.78, 5) is 14.1. The van der Waals surface area contributed by atoms with E-state index < -0.39 is 0 Å². The molecule has 0 radical (unpaired) electrons. The third kappa shape index (κ3) is 2.23. The molecule has 0 aromatic heterocycles. The average molecular weight is 214 g/mol. The van der Waals surface area contributed by atoms with Crippen molar-refractivity contribution in [2.75, 3.05) is 25.4 Å². The van der Waals surface area contributed by atoms with E-state index in [1.165, 1.54) is 6.42 Å². The lowest BCUT2D eigenvalue weighted by molar-refractivity contribution is -0.131. The SMILES string of the molecule is C[C@@H]1CN(C(=O)C2CCCS2)CCN1. The van der Waals surface area contributed by atoms with Crippen LogP contribution in [-0.4, -0.2) is 47.5 Å². The minimum absolute atomic E-state index is 0.264. The Morgan fingerprint density at radius 2 is 2.43 bits per heavy atom. The lowest BCUT2D eigenvalue weighted by Gasteiger charge is -2.33. The number of rotatable bonds is 1. The van der Waals surface area contributed by atoms with Crippen LogP contribution in [0.2, 0.25) is 0 Å². The van der Waals surface area contributed by atoms with Crippen molar-refractivity contribution in [2.24, 2.45) is 0 Å². The number of nitrogens with one attached hydrogen (secondary N) is 1.